The molecule has 146 valence electrons. The number of hydrogen-bond donors (Lipinski definition) is 2. The van der Waals surface area contributed by atoms with Gasteiger partial charge in [0.1, 0.15) is 11.7 Å². The van der Waals surface area contributed by atoms with E-state index in [9.17, 15) is 9.59 Å². The Labute approximate surface area is 170 Å². The molecule has 1 aromatic carbocycles. The van der Waals surface area contributed by atoms with E-state index in [1.807, 2.05) is 30.3 Å². The van der Waals surface area contributed by atoms with Crippen molar-refractivity contribution in [3.05, 3.63) is 83.8 Å². The van der Waals surface area contributed by atoms with Crippen molar-refractivity contribution < 1.29 is 18.4 Å². The van der Waals surface area contributed by atoms with Crippen LogP contribution < -0.4 is 10.6 Å². The minimum atomic E-state index is -0.800. The normalized spacial score (nSPS) is 11.7. The summed E-state index contributed by atoms with van der Waals surface area (Å²) in [6.07, 6.45) is 3.30. The molecule has 0 aliphatic heterocycles. The van der Waals surface area contributed by atoms with Crippen LogP contribution in [0.4, 0.5) is 5.13 Å². The third-order valence-electron chi connectivity index (χ3n) is 4.16. The Morgan fingerprint density at radius 2 is 1.79 bits per heavy atom. The first kappa shape index (κ1) is 18.7. The van der Waals surface area contributed by atoms with Gasteiger partial charge in [-0.2, -0.15) is 0 Å². The van der Waals surface area contributed by atoms with Gasteiger partial charge >= 0.3 is 0 Å². The summed E-state index contributed by atoms with van der Waals surface area (Å²) in [5, 5.41) is 7.73. The van der Waals surface area contributed by atoms with Gasteiger partial charge in [-0.15, -0.1) is 11.3 Å². The first-order valence-electron chi connectivity index (χ1n) is 8.87. The quantitative estimate of drug-likeness (QED) is 0.483. The van der Waals surface area contributed by atoms with Crippen LogP contribution in [0.25, 0.3) is 11.5 Å². The van der Waals surface area contributed by atoms with Crippen LogP contribution in [-0.4, -0.2) is 22.8 Å². The molecule has 7 nitrogen and oxygen atoms in total. The zero-order valence-electron chi connectivity index (χ0n) is 15.2. The van der Waals surface area contributed by atoms with Crippen molar-refractivity contribution in [1.82, 2.24) is 10.3 Å². The Hall–Kier alpha value is -3.65. The highest BCUT2D eigenvalue weighted by Gasteiger charge is 2.24. The summed E-state index contributed by atoms with van der Waals surface area (Å²) in [6, 6.07) is 15.4. The number of anilines is 1. The summed E-state index contributed by atoms with van der Waals surface area (Å²) < 4.78 is 10.4. The third kappa shape index (κ3) is 4.61. The molecule has 3 aromatic heterocycles. The number of carbonyl (C=O) groups is 2. The summed E-state index contributed by atoms with van der Waals surface area (Å²) in [5.41, 5.74) is 1.55. The van der Waals surface area contributed by atoms with E-state index in [2.05, 4.69) is 15.6 Å². The second-order valence-electron chi connectivity index (χ2n) is 6.20. The van der Waals surface area contributed by atoms with E-state index in [1.165, 1.54) is 17.6 Å². The molecular formula is C21H17N3O4S. The largest absolute Gasteiger partial charge is 0.463 e. The molecule has 1 unspecified atom stereocenters. The predicted octanol–water partition coefficient (Wildman–Crippen LogP) is 3.98. The van der Waals surface area contributed by atoms with Crippen molar-refractivity contribution in [2.75, 3.05) is 5.32 Å². The topological polar surface area (TPSA) is 97.4 Å². The van der Waals surface area contributed by atoms with Gasteiger partial charge in [-0.1, -0.05) is 30.3 Å². The van der Waals surface area contributed by atoms with Crippen LogP contribution in [0.3, 0.4) is 0 Å². The lowest BCUT2D eigenvalue weighted by Crippen LogP contribution is -2.45. The zero-order chi connectivity index (χ0) is 20.1. The number of furan rings is 2. The van der Waals surface area contributed by atoms with Crippen LogP contribution >= 0.6 is 11.3 Å². The molecule has 0 aliphatic carbocycles. The van der Waals surface area contributed by atoms with Gasteiger partial charge in [0.25, 0.3) is 5.91 Å². The Balaban J connectivity index is 1.50. The Bertz CT molecular complexity index is 1070. The van der Waals surface area contributed by atoms with Gasteiger partial charge in [-0.25, -0.2) is 4.98 Å². The number of aromatic nitrogens is 1. The molecule has 0 radical (unpaired) electrons. The lowest BCUT2D eigenvalue weighted by molar-refractivity contribution is -0.118. The molecule has 0 spiro atoms. The molecule has 2 amide bonds. The molecular weight excluding hydrogens is 390 g/mol. The monoisotopic (exact) mass is 407 g/mol. The van der Waals surface area contributed by atoms with Crippen molar-refractivity contribution in [2.45, 2.75) is 12.5 Å². The number of rotatable bonds is 7. The average molecular weight is 407 g/mol. The van der Waals surface area contributed by atoms with Crippen molar-refractivity contribution in [2.24, 2.45) is 0 Å². The molecule has 0 saturated heterocycles. The molecule has 0 bridgehead atoms. The SMILES string of the molecule is O=C(NC(Cc1ccccc1)C(=O)Nc1nc(-c2ccco2)cs1)c1ccco1. The second-order valence-corrected chi connectivity index (χ2v) is 7.06. The summed E-state index contributed by atoms with van der Waals surface area (Å²) in [5.74, 6) is -0.0606. The molecule has 4 aromatic rings. The standard InChI is InChI=1S/C21H17N3O4S/c25-19(24-21-23-16(13-29-21)17-8-4-10-27-17)15(12-14-6-2-1-3-7-14)22-20(26)18-9-5-11-28-18/h1-11,13,15H,12H2,(H,22,26)(H,23,24,25). The lowest BCUT2D eigenvalue weighted by atomic mass is 10.1. The highest BCUT2D eigenvalue weighted by molar-refractivity contribution is 7.14. The van der Waals surface area contributed by atoms with Crippen LogP contribution in [0.1, 0.15) is 16.1 Å². The minimum absolute atomic E-state index is 0.144. The lowest BCUT2D eigenvalue weighted by Gasteiger charge is -2.17. The zero-order valence-corrected chi connectivity index (χ0v) is 16.0. The molecule has 29 heavy (non-hydrogen) atoms. The van der Waals surface area contributed by atoms with Gasteiger partial charge in [0.2, 0.25) is 5.91 Å². The molecule has 0 aliphatic rings. The highest BCUT2D eigenvalue weighted by Crippen LogP contribution is 2.25. The number of amides is 2. The third-order valence-corrected chi connectivity index (χ3v) is 4.92. The van der Waals surface area contributed by atoms with Crippen LogP contribution in [0.2, 0.25) is 0 Å². The van der Waals surface area contributed by atoms with E-state index in [0.717, 1.165) is 5.56 Å². The van der Waals surface area contributed by atoms with E-state index < -0.39 is 11.9 Å². The summed E-state index contributed by atoms with van der Waals surface area (Å²) in [4.78, 5) is 29.7. The summed E-state index contributed by atoms with van der Waals surface area (Å²) in [6.45, 7) is 0. The maximum Gasteiger partial charge on any atom is 0.287 e. The summed E-state index contributed by atoms with van der Waals surface area (Å²) >= 11 is 1.28. The van der Waals surface area contributed by atoms with Crippen LogP contribution in [0.5, 0.6) is 0 Å². The Kier molecular flexibility index (Phi) is 5.53. The fourth-order valence-electron chi connectivity index (χ4n) is 2.76. The highest BCUT2D eigenvalue weighted by atomic mass is 32.1. The van der Waals surface area contributed by atoms with E-state index in [4.69, 9.17) is 8.83 Å². The molecule has 0 saturated carbocycles. The first-order valence-corrected chi connectivity index (χ1v) is 9.75. The van der Waals surface area contributed by atoms with E-state index in [-0.39, 0.29) is 11.7 Å². The van der Waals surface area contributed by atoms with Gasteiger partial charge < -0.3 is 19.5 Å². The van der Waals surface area contributed by atoms with Gasteiger partial charge in [-0.05, 0) is 29.8 Å². The number of carbonyl (C=O) groups excluding carboxylic acids is 2. The van der Waals surface area contributed by atoms with Crippen molar-refractivity contribution in [1.29, 1.82) is 0 Å². The summed E-state index contributed by atoms with van der Waals surface area (Å²) in [7, 11) is 0. The van der Waals surface area contributed by atoms with Gasteiger partial charge in [0.05, 0.1) is 12.5 Å². The van der Waals surface area contributed by atoms with Crippen LogP contribution in [0.15, 0.2) is 81.3 Å². The van der Waals surface area contributed by atoms with Crippen molar-refractivity contribution in [3.8, 4) is 11.5 Å². The van der Waals surface area contributed by atoms with E-state index in [0.29, 0.717) is 23.0 Å². The number of benzene rings is 1. The van der Waals surface area contributed by atoms with E-state index >= 15 is 0 Å². The minimum Gasteiger partial charge on any atom is -0.463 e. The molecule has 2 N–H and O–H groups in total. The Morgan fingerprint density at radius 3 is 2.52 bits per heavy atom. The Morgan fingerprint density at radius 1 is 1.00 bits per heavy atom. The van der Waals surface area contributed by atoms with Gasteiger partial charge in [0.15, 0.2) is 16.7 Å². The van der Waals surface area contributed by atoms with Crippen molar-refractivity contribution in [3.63, 3.8) is 0 Å². The molecule has 0 fully saturated rings. The van der Waals surface area contributed by atoms with E-state index in [1.54, 1.807) is 35.9 Å². The van der Waals surface area contributed by atoms with Crippen LogP contribution in [0, 0.1) is 0 Å². The first-order chi connectivity index (χ1) is 14.2. The van der Waals surface area contributed by atoms with Gasteiger partial charge in [0, 0.05) is 11.8 Å². The average Bonchev–Trinajstić information content (AvgIpc) is 3.49. The predicted molar refractivity (Wildman–Crippen MR) is 109 cm³/mol. The molecule has 3 heterocycles. The number of nitrogens with one attached hydrogen (secondary N) is 2. The fourth-order valence-corrected chi connectivity index (χ4v) is 3.46. The molecule has 4 rings (SSSR count). The number of thiazole rings is 1. The second kappa shape index (κ2) is 8.57. The smallest absolute Gasteiger partial charge is 0.287 e. The number of hydrogen-bond acceptors (Lipinski definition) is 6. The fraction of sp³-hybridized carbons (Fsp3) is 0.0952. The van der Waals surface area contributed by atoms with Crippen molar-refractivity contribution >= 4 is 28.3 Å². The maximum atomic E-state index is 12.9. The number of nitrogens with zero attached hydrogens (tertiary/aromatic N) is 1. The van der Waals surface area contributed by atoms with Gasteiger partial charge in [-0.3, -0.25) is 9.59 Å². The molecule has 8 heteroatoms. The van der Waals surface area contributed by atoms with Crippen LogP contribution in [-0.2, 0) is 11.2 Å². The molecule has 1 atom stereocenters. The maximum absolute atomic E-state index is 12.9.